The number of likely N-dealkylation sites (N-methyl/N-ethyl adjacent to an activating group) is 1. The molecule has 1 aliphatic rings. The number of hydrogen-bond acceptors (Lipinski definition) is 2. The van der Waals surface area contributed by atoms with Gasteiger partial charge in [0.25, 0.3) is 0 Å². The fourth-order valence-corrected chi connectivity index (χ4v) is 2.83. The fraction of sp³-hybridized carbons (Fsp3) is 1.00. The van der Waals surface area contributed by atoms with Crippen LogP contribution >= 0.6 is 0 Å². The predicted octanol–water partition coefficient (Wildman–Crippen LogP) is 3.51. The molecular weight excluding hydrogens is 243 g/mol. The molecule has 108 valence electrons. The van der Waals surface area contributed by atoms with E-state index >= 15 is 0 Å². The maximum atomic E-state index is 12.3. The Balaban J connectivity index is 2.50. The molecule has 0 spiro atoms. The van der Waals surface area contributed by atoms with Crippen molar-refractivity contribution in [2.24, 2.45) is 5.92 Å². The fourth-order valence-electron chi connectivity index (χ4n) is 2.83. The first-order chi connectivity index (χ1) is 8.41. The van der Waals surface area contributed by atoms with Gasteiger partial charge >= 0.3 is 6.18 Å². The van der Waals surface area contributed by atoms with Crippen molar-refractivity contribution in [1.29, 1.82) is 0 Å². The summed E-state index contributed by atoms with van der Waals surface area (Å²) in [4.78, 5) is 0. The molecule has 18 heavy (non-hydrogen) atoms. The molecule has 1 fully saturated rings. The van der Waals surface area contributed by atoms with E-state index in [9.17, 15) is 13.2 Å². The second kappa shape index (κ2) is 6.75. The van der Waals surface area contributed by atoms with E-state index in [1.54, 1.807) is 7.05 Å². The third-order valence-electron chi connectivity index (χ3n) is 3.75. The Bertz CT molecular complexity index is 235. The topological polar surface area (TPSA) is 21.3 Å². The average molecular weight is 267 g/mol. The van der Waals surface area contributed by atoms with Crippen molar-refractivity contribution in [3.63, 3.8) is 0 Å². The van der Waals surface area contributed by atoms with Crippen LogP contribution in [0.1, 0.15) is 45.4 Å². The van der Waals surface area contributed by atoms with Crippen molar-refractivity contribution in [3.8, 4) is 0 Å². The summed E-state index contributed by atoms with van der Waals surface area (Å²) in [6, 6.07) is 0. The molecule has 1 rings (SSSR count). The number of halogens is 3. The second-order valence-electron chi connectivity index (χ2n) is 5.35. The van der Waals surface area contributed by atoms with E-state index in [-0.39, 0.29) is 0 Å². The molecule has 1 saturated carbocycles. The van der Waals surface area contributed by atoms with Crippen molar-refractivity contribution in [3.05, 3.63) is 0 Å². The molecule has 1 N–H and O–H groups in total. The molecule has 0 aromatic rings. The minimum atomic E-state index is -4.24. The van der Waals surface area contributed by atoms with Crippen LogP contribution in [0.5, 0.6) is 0 Å². The van der Waals surface area contributed by atoms with Crippen LogP contribution in [0.3, 0.4) is 0 Å². The number of rotatable bonds is 6. The molecule has 0 amide bonds. The molecular formula is C13H24F3NO. The van der Waals surface area contributed by atoms with Gasteiger partial charge in [-0.15, -0.1) is 0 Å². The SMILES string of the molecule is CCCC1CCC(CNC)(OCC(F)(F)F)CC1. The van der Waals surface area contributed by atoms with Crippen LogP contribution in [0.15, 0.2) is 0 Å². The summed E-state index contributed by atoms with van der Waals surface area (Å²) in [5.74, 6) is 0.662. The summed E-state index contributed by atoms with van der Waals surface area (Å²) >= 11 is 0. The summed E-state index contributed by atoms with van der Waals surface area (Å²) < 4.78 is 42.0. The molecule has 1 aliphatic carbocycles. The molecule has 0 bridgehead atoms. The van der Waals surface area contributed by atoms with E-state index in [0.29, 0.717) is 12.5 Å². The lowest BCUT2D eigenvalue weighted by Crippen LogP contribution is -2.46. The average Bonchev–Trinajstić information content (AvgIpc) is 2.30. The lowest BCUT2D eigenvalue weighted by atomic mass is 9.77. The van der Waals surface area contributed by atoms with Crippen molar-refractivity contribution >= 4 is 0 Å². The Morgan fingerprint density at radius 1 is 1.28 bits per heavy atom. The number of ether oxygens (including phenoxy) is 1. The quantitative estimate of drug-likeness (QED) is 0.795. The Morgan fingerprint density at radius 2 is 1.89 bits per heavy atom. The van der Waals surface area contributed by atoms with Gasteiger partial charge in [0.2, 0.25) is 0 Å². The minimum Gasteiger partial charge on any atom is -0.364 e. The van der Waals surface area contributed by atoms with Gasteiger partial charge in [0, 0.05) is 6.54 Å². The predicted molar refractivity (Wildman–Crippen MR) is 65.5 cm³/mol. The molecule has 0 radical (unpaired) electrons. The smallest absolute Gasteiger partial charge is 0.364 e. The van der Waals surface area contributed by atoms with Crippen LogP contribution < -0.4 is 5.32 Å². The summed E-state index contributed by atoms with van der Waals surface area (Å²) in [6.45, 7) is 1.52. The van der Waals surface area contributed by atoms with Crippen molar-refractivity contribution in [2.75, 3.05) is 20.2 Å². The van der Waals surface area contributed by atoms with E-state index in [2.05, 4.69) is 12.2 Å². The first kappa shape index (κ1) is 15.8. The van der Waals surface area contributed by atoms with Gasteiger partial charge in [0.1, 0.15) is 6.61 Å². The standard InChI is InChI=1S/C13H24F3NO/c1-3-4-11-5-7-12(8-6-11,9-17-2)18-10-13(14,15)16/h11,17H,3-10H2,1-2H3. The summed E-state index contributed by atoms with van der Waals surface area (Å²) in [5.41, 5.74) is -0.617. The Morgan fingerprint density at radius 3 is 2.33 bits per heavy atom. The number of alkyl halides is 3. The van der Waals surface area contributed by atoms with Gasteiger partial charge in [-0.2, -0.15) is 13.2 Å². The number of hydrogen-bond donors (Lipinski definition) is 1. The van der Waals surface area contributed by atoms with Gasteiger partial charge in [0.15, 0.2) is 0 Å². The molecule has 2 nitrogen and oxygen atoms in total. The van der Waals surface area contributed by atoms with Gasteiger partial charge in [-0.1, -0.05) is 19.8 Å². The molecule has 0 atom stereocenters. The monoisotopic (exact) mass is 267 g/mol. The van der Waals surface area contributed by atoms with Crippen LogP contribution in [0, 0.1) is 5.92 Å². The highest BCUT2D eigenvalue weighted by Crippen LogP contribution is 2.37. The minimum absolute atomic E-state index is 0.502. The maximum absolute atomic E-state index is 12.3. The summed E-state index contributed by atoms with van der Waals surface area (Å²) in [7, 11) is 1.76. The van der Waals surface area contributed by atoms with Gasteiger partial charge in [-0.05, 0) is 38.6 Å². The normalized spacial score (nSPS) is 29.5. The zero-order chi connectivity index (χ0) is 13.6. The van der Waals surface area contributed by atoms with Crippen LogP contribution in [-0.2, 0) is 4.74 Å². The van der Waals surface area contributed by atoms with Crippen molar-refractivity contribution < 1.29 is 17.9 Å². The van der Waals surface area contributed by atoms with E-state index < -0.39 is 18.4 Å². The number of nitrogens with one attached hydrogen (secondary N) is 1. The van der Waals surface area contributed by atoms with Crippen LogP contribution in [0.4, 0.5) is 13.2 Å². The van der Waals surface area contributed by atoms with Crippen LogP contribution in [0.25, 0.3) is 0 Å². The first-order valence-electron chi connectivity index (χ1n) is 6.76. The summed E-state index contributed by atoms with van der Waals surface area (Å²) in [6.07, 6.45) is 1.51. The maximum Gasteiger partial charge on any atom is 0.411 e. The Labute approximate surface area is 107 Å². The molecule has 5 heteroatoms. The van der Waals surface area contributed by atoms with Crippen molar-refractivity contribution in [2.45, 2.75) is 57.2 Å². The van der Waals surface area contributed by atoms with Gasteiger partial charge in [-0.25, -0.2) is 0 Å². The van der Waals surface area contributed by atoms with Crippen LogP contribution in [0.2, 0.25) is 0 Å². The largest absolute Gasteiger partial charge is 0.411 e. The lowest BCUT2D eigenvalue weighted by molar-refractivity contribution is -0.211. The third kappa shape index (κ3) is 5.14. The first-order valence-corrected chi connectivity index (χ1v) is 6.76. The van der Waals surface area contributed by atoms with Crippen molar-refractivity contribution in [1.82, 2.24) is 5.32 Å². The molecule has 0 aliphatic heterocycles. The summed E-state index contributed by atoms with van der Waals surface area (Å²) in [5, 5.41) is 2.97. The molecule has 0 heterocycles. The van der Waals surface area contributed by atoms with E-state index in [4.69, 9.17) is 4.74 Å². The second-order valence-corrected chi connectivity index (χ2v) is 5.35. The van der Waals surface area contributed by atoms with Crippen LogP contribution in [-0.4, -0.2) is 32.0 Å². The highest BCUT2D eigenvalue weighted by atomic mass is 19.4. The molecule has 0 aromatic carbocycles. The molecule has 0 saturated heterocycles. The highest BCUT2D eigenvalue weighted by molar-refractivity contribution is 4.89. The van der Waals surface area contributed by atoms with Gasteiger partial charge in [0.05, 0.1) is 5.60 Å². The Kier molecular flexibility index (Phi) is 5.92. The third-order valence-corrected chi connectivity index (χ3v) is 3.75. The van der Waals surface area contributed by atoms with Gasteiger partial charge < -0.3 is 10.1 Å². The van der Waals surface area contributed by atoms with E-state index in [1.807, 2.05) is 0 Å². The molecule has 0 aromatic heterocycles. The lowest BCUT2D eigenvalue weighted by Gasteiger charge is -2.40. The van der Waals surface area contributed by atoms with E-state index in [1.165, 1.54) is 6.42 Å². The van der Waals surface area contributed by atoms with Gasteiger partial charge in [-0.3, -0.25) is 0 Å². The molecule has 0 unspecified atom stereocenters. The Hall–Kier alpha value is -0.290. The highest BCUT2D eigenvalue weighted by Gasteiger charge is 2.39. The zero-order valence-corrected chi connectivity index (χ0v) is 11.3. The van der Waals surface area contributed by atoms with E-state index in [0.717, 1.165) is 32.1 Å². The zero-order valence-electron chi connectivity index (χ0n) is 11.3.